The molecule has 1 N–H and O–H groups in total. The second kappa shape index (κ2) is 7.39. The summed E-state index contributed by atoms with van der Waals surface area (Å²) in [5.41, 5.74) is 1.42. The van der Waals surface area contributed by atoms with Gasteiger partial charge in [0.25, 0.3) is 0 Å². The van der Waals surface area contributed by atoms with Gasteiger partial charge in [-0.15, -0.1) is 11.3 Å². The van der Waals surface area contributed by atoms with Crippen molar-refractivity contribution in [2.45, 2.75) is 39.3 Å². The summed E-state index contributed by atoms with van der Waals surface area (Å²) >= 11 is 1.83. The molecule has 3 nitrogen and oxygen atoms in total. The number of nitrogens with zero attached hydrogens (tertiary/aromatic N) is 1. The second-order valence-corrected chi connectivity index (χ2v) is 6.29. The monoisotopic (exact) mass is 282 g/mol. The van der Waals surface area contributed by atoms with Crippen LogP contribution in [0.4, 0.5) is 0 Å². The first-order chi connectivity index (χ1) is 9.26. The van der Waals surface area contributed by atoms with Crippen molar-refractivity contribution in [3.63, 3.8) is 0 Å². The maximum Gasteiger partial charge on any atom is 0.0897 e. The smallest absolute Gasteiger partial charge is 0.0897 e. The highest BCUT2D eigenvalue weighted by atomic mass is 32.1. The lowest BCUT2D eigenvalue weighted by molar-refractivity contribution is -0.0456. The van der Waals surface area contributed by atoms with Gasteiger partial charge in [0, 0.05) is 18.0 Å². The zero-order valence-electron chi connectivity index (χ0n) is 12.3. The number of thiophene rings is 1. The van der Waals surface area contributed by atoms with Gasteiger partial charge in [-0.2, -0.15) is 0 Å². The maximum absolute atomic E-state index is 6.05. The van der Waals surface area contributed by atoms with Crippen LogP contribution < -0.4 is 5.32 Å². The average Bonchev–Trinajstić information content (AvgIpc) is 2.86. The van der Waals surface area contributed by atoms with Crippen molar-refractivity contribution >= 4 is 11.3 Å². The standard InChI is InChI=1S/C15H26N2OS/c1-4-7-16-15(13-6-10-19-12(13)3)14-11-17(5-2)8-9-18-14/h6,10,14-16H,4-5,7-9,11H2,1-3H3. The molecular weight excluding hydrogens is 256 g/mol. The van der Waals surface area contributed by atoms with Crippen LogP contribution >= 0.6 is 11.3 Å². The molecule has 1 fully saturated rings. The Morgan fingerprint density at radius 1 is 1.53 bits per heavy atom. The number of ether oxygens (including phenoxy) is 1. The topological polar surface area (TPSA) is 24.5 Å². The van der Waals surface area contributed by atoms with Gasteiger partial charge in [-0.05, 0) is 43.4 Å². The first-order valence-corrected chi connectivity index (χ1v) is 8.25. The fraction of sp³-hybridized carbons (Fsp3) is 0.733. The molecule has 108 valence electrons. The van der Waals surface area contributed by atoms with Crippen LogP contribution in [-0.2, 0) is 4.74 Å². The lowest BCUT2D eigenvalue weighted by Crippen LogP contribution is -2.48. The molecule has 2 atom stereocenters. The molecule has 1 aliphatic heterocycles. The maximum atomic E-state index is 6.05. The van der Waals surface area contributed by atoms with Gasteiger partial charge in [-0.25, -0.2) is 0 Å². The van der Waals surface area contributed by atoms with E-state index in [2.05, 4.69) is 42.4 Å². The lowest BCUT2D eigenvalue weighted by Gasteiger charge is -2.37. The summed E-state index contributed by atoms with van der Waals surface area (Å²) in [5.74, 6) is 0. The van der Waals surface area contributed by atoms with E-state index in [-0.39, 0.29) is 6.10 Å². The van der Waals surface area contributed by atoms with Crippen LogP contribution in [-0.4, -0.2) is 43.8 Å². The predicted molar refractivity (Wildman–Crippen MR) is 81.9 cm³/mol. The summed E-state index contributed by atoms with van der Waals surface area (Å²) < 4.78 is 6.05. The largest absolute Gasteiger partial charge is 0.374 e. The van der Waals surface area contributed by atoms with E-state index < -0.39 is 0 Å². The molecule has 0 saturated carbocycles. The van der Waals surface area contributed by atoms with E-state index in [1.807, 2.05) is 11.3 Å². The molecule has 2 heterocycles. The normalized spacial score (nSPS) is 22.6. The quantitative estimate of drug-likeness (QED) is 0.868. The molecule has 2 rings (SSSR count). The molecule has 1 aromatic rings. The summed E-state index contributed by atoms with van der Waals surface area (Å²) in [4.78, 5) is 3.89. The molecule has 19 heavy (non-hydrogen) atoms. The molecule has 0 radical (unpaired) electrons. The zero-order valence-corrected chi connectivity index (χ0v) is 13.1. The van der Waals surface area contributed by atoms with E-state index in [9.17, 15) is 0 Å². The van der Waals surface area contributed by atoms with Gasteiger partial charge in [0.05, 0.1) is 18.8 Å². The van der Waals surface area contributed by atoms with E-state index in [4.69, 9.17) is 4.74 Å². The highest BCUT2D eigenvalue weighted by Crippen LogP contribution is 2.28. The Morgan fingerprint density at radius 2 is 2.37 bits per heavy atom. The van der Waals surface area contributed by atoms with Crippen molar-refractivity contribution in [2.24, 2.45) is 0 Å². The Labute approximate surface area is 121 Å². The number of hydrogen-bond donors (Lipinski definition) is 1. The highest BCUT2D eigenvalue weighted by molar-refractivity contribution is 7.10. The van der Waals surface area contributed by atoms with Crippen LogP contribution in [0.3, 0.4) is 0 Å². The third-order valence-corrected chi connectivity index (χ3v) is 4.71. The Bertz CT molecular complexity index is 380. The zero-order chi connectivity index (χ0) is 13.7. The minimum atomic E-state index is 0.272. The fourth-order valence-corrected chi connectivity index (χ4v) is 3.43. The number of rotatable bonds is 6. The van der Waals surface area contributed by atoms with Gasteiger partial charge in [0.2, 0.25) is 0 Å². The summed E-state index contributed by atoms with van der Waals surface area (Å²) in [6.45, 7) is 11.8. The summed E-state index contributed by atoms with van der Waals surface area (Å²) in [6.07, 6.45) is 1.43. The Hall–Kier alpha value is -0.420. The van der Waals surface area contributed by atoms with E-state index in [1.54, 1.807) is 0 Å². The van der Waals surface area contributed by atoms with Crippen molar-refractivity contribution in [3.05, 3.63) is 21.9 Å². The predicted octanol–water partition coefficient (Wildman–Crippen LogP) is 2.82. The molecular formula is C15H26N2OS. The van der Waals surface area contributed by atoms with Gasteiger partial charge in [-0.3, -0.25) is 4.90 Å². The molecule has 4 heteroatoms. The van der Waals surface area contributed by atoms with Gasteiger partial charge in [0.1, 0.15) is 0 Å². The lowest BCUT2D eigenvalue weighted by atomic mass is 10.0. The SMILES string of the molecule is CCCNC(c1ccsc1C)C1CN(CC)CCO1. The van der Waals surface area contributed by atoms with Crippen LogP contribution in [0.15, 0.2) is 11.4 Å². The fourth-order valence-electron chi connectivity index (χ4n) is 2.68. The number of aryl methyl sites for hydroxylation is 1. The van der Waals surface area contributed by atoms with Crippen LogP contribution in [0.2, 0.25) is 0 Å². The minimum Gasteiger partial charge on any atom is -0.374 e. The third-order valence-electron chi connectivity index (χ3n) is 3.84. The first-order valence-electron chi connectivity index (χ1n) is 7.37. The molecule has 0 bridgehead atoms. The van der Waals surface area contributed by atoms with E-state index in [0.717, 1.165) is 39.2 Å². The third kappa shape index (κ3) is 3.78. The van der Waals surface area contributed by atoms with Crippen LogP contribution in [0.1, 0.15) is 36.8 Å². The number of morpholine rings is 1. The number of hydrogen-bond acceptors (Lipinski definition) is 4. The number of likely N-dealkylation sites (N-methyl/N-ethyl adjacent to an activating group) is 1. The molecule has 2 unspecified atom stereocenters. The Morgan fingerprint density at radius 3 is 3.00 bits per heavy atom. The molecule has 1 aromatic heterocycles. The van der Waals surface area contributed by atoms with Crippen molar-refractivity contribution in [3.8, 4) is 0 Å². The average molecular weight is 282 g/mol. The Balaban J connectivity index is 2.10. The molecule has 0 aliphatic carbocycles. The highest BCUT2D eigenvalue weighted by Gasteiger charge is 2.29. The van der Waals surface area contributed by atoms with Crippen LogP contribution in [0.25, 0.3) is 0 Å². The number of nitrogens with one attached hydrogen (secondary N) is 1. The summed E-state index contributed by atoms with van der Waals surface area (Å²) in [7, 11) is 0. The van der Waals surface area contributed by atoms with E-state index >= 15 is 0 Å². The molecule has 0 amide bonds. The van der Waals surface area contributed by atoms with Crippen molar-refractivity contribution in [1.29, 1.82) is 0 Å². The molecule has 1 saturated heterocycles. The van der Waals surface area contributed by atoms with Crippen LogP contribution in [0.5, 0.6) is 0 Å². The van der Waals surface area contributed by atoms with Gasteiger partial charge >= 0.3 is 0 Å². The van der Waals surface area contributed by atoms with E-state index in [0.29, 0.717) is 6.04 Å². The first kappa shape index (κ1) is 15.0. The minimum absolute atomic E-state index is 0.272. The Kier molecular flexibility index (Phi) is 5.82. The summed E-state index contributed by atoms with van der Waals surface area (Å²) in [6, 6.07) is 2.59. The van der Waals surface area contributed by atoms with E-state index in [1.165, 1.54) is 10.4 Å². The van der Waals surface area contributed by atoms with Crippen molar-refractivity contribution in [1.82, 2.24) is 10.2 Å². The van der Waals surface area contributed by atoms with Gasteiger partial charge in [-0.1, -0.05) is 13.8 Å². The molecule has 0 aromatic carbocycles. The molecule has 1 aliphatic rings. The van der Waals surface area contributed by atoms with Gasteiger partial charge < -0.3 is 10.1 Å². The van der Waals surface area contributed by atoms with Crippen LogP contribution in [0, 0.1) is 6.92 Å². The van der Waals surface area contributed by atoms with Crippen molar-refractivity contribution < 1.29 is 4.74 Å². The van der Waals surface area contributed by atoms with Crippen molar-refractivity contribution in [2.75, 3.05) is 32.8 Å². The summed E-state index contributed by atoms with van der Waals surface area (Å²) in [5, 5.41) is 5.87. The second-order valence-electron chi connectivity index (χ2n) is 5.17. The molecule has 0 spiro atoms. The van der Waals surface area contributed by atoms with Gasteiger partial charge in [0.15, 0.2) is 0 Å².